The SMILES string of the molecule is CS(=O)(=O)CCc1cc([N+](=O)[O-])ccc1OC(=O)Oc1ccc([N+](=O)[O-])cc1. The lowest BCUT2D eigenvalue weighted by atomic mass is 10.1. The van der Waals surface area contributed by atoms with Crippen molar-refractivity contribution in [1.29, 1.82) is 0 Å². The predicted molar refractivity (Wildman–Crippen MR) is 96.3 cm³/mol. The van der Waals surface area contributed by atoms with Crippen molar-refractivity contribution in [2.75, 3.05) is 12.0 Å². The molecule has 0 unspecified atom stereocenters. The molecule has 0 saturated heterocycles. The van der Waals surface area contributed by atoms with Crippen molar-refractivity contribution in [2.24, 2.45) is 0 Å². The molecule has 0 aliphatic heterocycles. The summed E-state index contributed by atoms with van der Waals surface area (Å²) in [5.41, 5.74) is -0.348. The molecule has 2 aromatic rings. The number of nitro benzene ring substituents is 2. The molecule has 28 heavy (non-hydrogen) atoms. The van der Waals surface area contributed by atoms with Gasteiger partial charge in [-0.2, -0.15) is 0 Å². The molecule has 0 radical (unpaired) electrons. The molecule has 0 atom stereocenters. The molecule has 0 spiro atoms. The van der Waals surface area contributed by atoms with Gasteiger partial charge in [-0.25, -0.2) is 13.2 Å². The number of hydrogen-bond donors (Lipinski definition) is 0. The van der Waals surface area contributed by atoms with Crippen LogP contribution in [0.15, 0.2) is 42.5 Å². The lowest BCUT2D eigenvalue weighted by Gasteiger charge is -2.10. The lowest BCUT2D eigenvalue weighted by molar-refractivity contribution is -0.385. The Bertz CT molecular complexity index is 1020. The average molecular weight is 410 g/mol. The zero-order chi connectivity index (χ0) is 20.9. The molecule has 0 aliphatic carbocycles. The van der Waals surface area contributed by atoms with Gasteiger partial charge in [-0.05, 0) is 24.6 Å². The molecule has 0 heterocycles. The molecule has 0 amide bonds. The van der Waals surface area contributed by atoms with E-state index in [0.29, 0.717) is 0 Å². The van der Waals surface area contributed by atoms with Crippen molar-refractivity contribution in [3.8, 4) is 11.5 Å². The molecule has 148 valence electrons. The van der Waals surface area contributed by atoms with Gasteiger partial charge in [-0.15, -0.1) is 0 Å². The van der Waals surface area contributed by atoms with Crippen LogP contribution in [0.5, 0.6) is 11.5 Å². The fourth-order valence-corrected chi connectivity index (χ4v) is 2.70. The van der Waals surface area contributed by atoms with Crippen LogP contribution in [0.3, 0.4) is 0 Å². The largest absolute Gasteiger partial charge is 0.519 e. The predicted octanol–water partition coefficient (Wildman–Crippen LogP) is 2.67. The molecule has 2 rings (SSSR count). The molecule has 0 saturated carbocycles. The second kappa shape index (κ2) is 8.43. The fraction of sp³-hybridized carbons (Fsp3) is 0.188. The van der Waals surface area contributed by atoms with E-state index in [2.05, 4.69) is 0 Å². The highest BCUT2D eigenvalue weighted by atomic mass is 32.2. The monoisotopic (exact) mass is 410 g/mol. The number of benzene rings is 2. The maximum absolute atomic E-state index is 11.9. The van der Waals surface area contributed by atoms with Gasteiger partial charge in [0.05, 0.1) is 15.6 Å². The first-order chi connectivity index (χ1) is 13.0. The summed E-state index contributed by atoms with van der Waals surface area (Å²) >= 11 is 0. The molecule has 0 N–H and O–H groups in total. The van der Waals surface area contributed by atoms with E-state index in [9.17, 15) is 33.4 Å². The smallest absolute Gasteiger partial charge is 0.395 e. The second-order valence-electron chi connectivity index (χ2n) is 5.63. The summed E-state index contributed by atoms with van der Waals surface area (Å²) in [5.74, 6) is -0.418. The Hall–Kier alpha value is -3.54. The molecule has 0 bridgehead atoms. The van der Waals surface area contributed by atoms with Crippen LogP contribution in [-0.4, -0.2) is 36.4 Å². The van der Waals surface area contributed by atoms with Crippen LogP contribution >= 0.6 is 0 Å². The van der Waals surface area contributed by atoms with Gasteiger partial charge in [0.1, 0.15) is 21.3 Å². The minimum Gasteiger partial charge on any atom is -0.395 e. The Balaban J connectivity index is 2.17. The fourth-order valence-electron chi connectivity index (χ4n) is 2.11. The zero-order valence-corrected chi connectivity index (χ0v) is 15.2. The topological polar surface area (TPSA) is 156 Å². The molecule has 2 aromatic carbocycles. The van der Waals surface area contributed by atoms with Crippen LogP contribution < -0.4 is 9.47 Å². The van der Waals surface area contributed by atoms with Crippen molar-refractivity contribution in [3.63, 3.8) is 0 Å². The number of ether oxygens (including phenoxy) is 2. The van der Waals surface area contributed by atoms with E-state index >= 15 is 0 Å². The van der Waals surface area contributed by atoms with Crippen LogP contribution in [0.2, 0.25) is 0 Å². The van der Waals surface area contributed by atoms with Gasteiger partial charge in [0.25, 0.3) is 11.4 Å². The third kappa shape index (κ3) is 6.02. The molecule has 0 fully saturated rings. The maximum atomic E-state index is 11.9. The minimum absolute atomic E-state index is 0.0183. The first-order valence-electron chi connectivity index (χ1n) is 7.64. The highest BCUT2D eigenvalue weighted by molar-refractivity contribution is 7.90. The Morgan fingerprint density at radius 1 is 0.964 bits per heavy atom. The number of nitrogens with zero attached hydrogens (tertiary/aromatic N) is 2. The van der Waals surface area contributed by atoms with Gasteiger partial charge in [-0.1, -0.05) is 0 Å². The number of carbonyl (C=O) groups excluding carboxylic acids is 1. The molecular weight excluding hydrogens is 396 g/mol. The summed E-state index contributed by atoms with van der Waals surface area (Å²) in [4.78, 5) is 32.2. The molecular formula is C16H14N2O9S. The molecule has 0 aliphatic rings. The maximum Gasteiger partial charge on any atom is 0.519 e. The Morgan fingerprint density at radius 2 is 1.54 bits per heavy atom. The van der Waals surface area contributed by atoms with Crippen LogP contribution in [0.1, 0.15) is 5.56 Å². The summed E-state index contributed by atoms with van der Waals surface area (Å²) < 4.78 is 32.6. The third-order valence-corrected chi connectivity index (χ3v) is 4.38. The van der Waals surface area contributed by atoms with Gasteiger partial charge in [0.15, 0.2) is 0 Å². The van der Waals surface area contributed by atoms with Gasteiger partial charge >= 0.3 is 6.16 Å². The number of carbonyl (C=O) groups is 1. The third-order valence-electron chi connectivity index (χ3n) is 3.44. The Labute approximate surface area is 158 Å². The van der Waals surface area contributed by atoms with E-state index in [1.54, 1.807) is 0 Å². The number of aryl methyl sites for hydroxylation is 1. The summed E-state index contributed by atoms with van der Waals surface area (Å²) in [6.45, 7) is 0. The van der Waals surface area contributed by atoms with Gasteiger partial charge in [-0.3, -0.25) is 20.2 Å². The summed E-state index contributed by atoms with van der Waals surface area (Å²) in [7, 11) is -3.36. The number of nitro groups is 2. The van der Waals surface area contributed by atoms with Crippen LogP contribution in [0, 0.1) is 20.2 Å². The number of non-ortho nitro benzene ring substituents is 2. The van der Waals surface area contributed by atoms with Crippen molar-refractivity contribution in [3.05, 3.63) is 68.3 Å². The van der Waals surface area contributed by atoms with Gasteiger partial charge < -0.3 is 9.47 Å². The summed E-state index contributed by atoms with van der Waals surface area (Å²) in [5, 5.41) is 21.5. The van der Waals surface area contributed by atoms with Crippen LogP contribution in [-0.2, 0) is 16.3 Å². The number of sulfone groups is 1. The van der Waals surface area contributed by atoms with Crippen molar-refractivity contribution < 1.29 is 32.5 Å². The zero-order valence-electron chi connectivity index (χ0n) is 14.4. The number of hydrogen-bond acceptors (Lipinski definition) is 9. The van der Waals surface area contributed by atoms with E-state index < -0.39 is 25.8 Å². The summed E-state index contributed by atoms with van der Waals surface area (Å²) in [6, 6.07) is 8.02. The van der Waals surface area contributed by atoms with E-state index in [1.807, 2.05) is 0 Å². The van der Waals surface area contributed by atoms with Crippen LogP contribution in [0.25, 0.3) is 0 Å². The number of rotatable bonds is 7. The van der Waals surface area contributed by atoms with Crippen LogP contribution in [0.4, 0.5) is 16.2 Å². The first-order valence-corrected chi connectivity index (χ1v) is 9.70. The van der Waals surface area contributed by atoms with Crippen molar-refractivity contribution in [2.45, 2.75) is 6.42 Å². The molecule has 12 heteroatoms. The molecule has 0 aromatic heterocycles. The highest BCUT2D eigenvalue weighted by Crippen LogP contribution is 2.26. The van der Waals surface area contributed by atoms with Crippen molar-refractivity contribution >= 4 is 27.4 Å². The van der Waals surface area contributed by atoms with Gasteiger partial charge in [0, 0.05) is 36.1 Å². The molecule has 11 nitrogen and oxygen atoms in total. The van der Waals surface area contributed by atoms with Crippen molar-refractivity contribution in [1.82, 2.24) is 0 Å². The van der Waals surface area contributed by atoms with E-state index in [-0.39, 0.29) is 40.6 Å². The lowest BCUT2D eigenvalue weighted by Crippen LogP contribution is -2.15. The second-order valence-corrected chi connectivity index (χ2v) is 7.89. The summed E-state index contributed by atoms with van der Waals surface area (Å²) in [6.07, 6.45) is -0.294. The minimum atomic E-state index is -3.36. The van der Waals surface area contributed by atoms with Gasteiger partial charge in [0.2, 0.25) is 0 Å². The van der Waals surface area contributed by atoms with E-state index in [0.717, 1.165) is 36.6 Å². The Kier molecular flexibility index (Phi) is 6.26. The standard InChI is InChI=1S/C16H14N2O9S/c1-28(24,25)9-8-11-10-13(18(22)23)4-7-15(11)27-16(19)26-14-5-2-12(3-6-14)17(20)21/h2-7,10H,8-9H2,1H3. The van der Waals surface area contributed by atoms with E-state index in [4.69, 9.17) is 9.47 Å². The normalized spacial score (nSPS) is 10.9. The highest BCUT2D eigenvalue weighted by Gasteiger charge is 2.17. The average Bonchev–Trinajstić information content (AvgIpc) is 2.60. The van der Waals surface area contributed by atoms with E-state index in [1.165, 1.54) is 12.1 Å². The first kappa shape index (κ1) is 20.8. The quantitative estimate of drug-likeness (QED) is 0.290. The Morgan fingerprint density at radius 3 is 2.07 bits per heavy atom.